The van der Waals surface area contributed by atoms with Gasteiger partial charge in [0.1, 0.15) is 6.17 Å². The number of carbonyl (C=O) groups is 1. The van der Waals surface area contributed by atoms with Crippen LogP contribution in [0.5, 0.6) is 0 Å². The van der Waals surface area contributed by atoms with Crippen LogP contribution in [0.3, 0.4) is 0 Å². The number of nitrogens with zero attached hydrogens (tertiary/aromatic N) is 1. The van der Waals surface area contributed by atoms with Crippen LogP contribution in [0.1, 0.15) is 18.0 Å². The van der Waals surface area contributed by atoms with Gasteiger partial charge in [0.05, 0.1) is 12.6 Å². The molecule has 0 spiro atoms. The van der Waals surface area contributed by atoms with Crippen LogP contribution in [-0.4, -0.2) is 37.1 Å². The second-order valence-electron chi connectivity index (χ2n) is 3.89. The molecule has 0 aliphatic carbocycles. The molecule has 1 aliphatic rings. The summed E-state index contributed by atoms with van der Waals surface area (Å²) in [6, 6.07) is 4.05. The van der Waals surface area contributed by atoms with E-state index in [9.17, 15) is 4.79 Å². The molecule has 0 bridgehead atoms. The molecule has 2 heterocycles. The molecule has 1 aromatic rings. The predicted octanol–water partition coefficient (Wildman–Crippen LogP) is 1.21. The molecule has 0 aromatic carbocycles. The zero-order chi connectivity index (χ0) is 11.5. The van der Waals surface area contributed by atoms with Gasteiger partial charge >= 0.3 is 0 Å². The summed E-state index contributed by atoms with van der Waals surface area (Å²) in [7, 11) is 1.67. The third-order valence-corrected chi connectivity index (χ3v) is 3.67. The Balaban J connectivity index is 2.10. The van der Waals surface area contributed by atoms with Crippen molar-refractivity contribution in [1.29, 1.82) is 0 Å². The van der Waals surface area contributed by atoms with Crippen LogP contribution < -0.4 is 5.32 Å². The van der Waals surface area contributed by atoms with E-state index in [0.29, 0.717) is 13.1 Å². The minimum Gasteiger partial charge on any atom is -0.380 e. The van der Waals surface area contributed by atoms with E-state index in [4.69, 9.17) is 4.74 Å². The monoisotopic (exact) mass is 240 g/mol. The summed E-state index contributed by atoms with van der Waals surface area (Å²) in [4.78, 5) is 14.8. The van der Waals surface area contributed by atoms with Gasteiger partial charge in [0, 0.05) is 18.5 Å². The summed E-state index contributed by atoms with van der Waals surface area (Å²) in [5, 5.41) is 5.25. The maximum absolute atomic E-state index is 11.7. The summed E-state index contributed by atoms with van der Waals surface area (Å²) < 4.78 is 5.21. The number of hydrogen-bond acceptors (Lipinski definition) is 4. The first kappa shape index (κ1) is 11.6. The highest BCUT2D eigenvalue weighted by atomic mass is 32.1. The van der Waals surface area contributed by atoms with E-state index in [2.05, 4.69) is 5.32 Å². The number of methoxy groups -OCH3 is 1. The van der Waals surface area contributed by atoms with Crippen LogP contribution in [-0.2, 0) is 9.53 Å². The second kappa shape index (κ2) is 4.95. The molecule has 0 saturated carbocycles. The third kappa shape index (κ3) is 2.26. The van der Waals surface area contributed by atoms with Gasteiger partial charge in [-0.1, -0.05) is 6.07 Å². The SMILES string of the molecule is COC(C)CN1C(=O)CNC1c1cccs1. The van der Waals surface area contributed by atoms with E-state index in [-0.39, 0.29) is 18.2 Å². The van der Waals surface area contributed by atoms with Crippen molar-refractivity contribution in [2.24, 2.45) is 0 Å². The predicted molar refractivity (Wildman–Crippen MR) is 63.2 cm³/mol. The Labute approximate surface area is 99.2 Å². The topological polar surface area (TPSA) is 41.6 Å². The molecule has 1 N–H and O–H groups in total. The number of thiophene rings is 1. The maximum Gasteiger partial charge on any atom is 0.238 e. The van der Waals surface area contributed by atoms with E-state index < -0.39 is 0 Å². The lowest BCUT2D eigenvalue weighted by Crippen LogP contribution is -2.36. The van der Waals surface area contributed by atoms with Gasteiger partial charge < -0.3 is 9.64 Å². The molecular formula is C11H16N2O2S. The van der Waals surface area contributed by atoms with E-state index in [1.807, 2.05) is 29.3 Å². The minimum atomic E-state index is 0.0186. The Morgan fingerprint density at radius 2 is 2.56 bits per heavy atom. The molecule has 2 unspecified atom stereocenters. The number of ether oxygens (including phenoxy) is 1. The number of hydrogen-bond donors (Lipinski definition) is 1. The van der Waals surface area contributed by atoms with Gasteiger partial charge in [-0.3, -0.25) is 10.1 Å². The first-order valence-corrected chi connectivity index (χ1v) is 6.19. The normalized spacial score (nSPS) is 22.8. The minimum absolute atomic E-state index is 0.0186. The highest BCUT2D eigenvalue weighted by Gasteiger charge is 2.32. The van der Waals surface area contributed by atoms with E-state index in [1.54, 1.807) is 18.4 Å². The van der Waals surface area contributed by atoms with Crippen molar-refractivity contribution >= 4 is 17.2 Å². The summed E-state index contributed by atoms with van der Waals surface area (Å²) in [5.74, 6) is 0.141. The molecule has 1 fully saturated rings. The summed E-state index contributed by atoms with van der Waals surface area (Å²) in [6.45, 7) is 3.01. The Hall–Kier alpha value is -0.910. The van der Waals surface area contributed by atoms with Gasteiger partial charge in [-0.05, 0) is 18.4 Å². The van der Waals surface area contributed by atoms with Gasteiger partial charge in [-0.25, -0.2) is 0 Å². The van der Waals surface area contributed by atoms with Gasteiger partial charge in [0.15, 0.2) is 0 Å². The van der Waals surface area contributed by atoms with Crippen LogP contribution in [0.2, 0.25) is 0 Å². The Kier molecular flexibility index (Phi) is 3.58. The Morgan fingerprint density at radius 3 is 3.19 bits per heavy atom. The molecule has 1 saturated heterocycles. The van der Waals surface area contributed by atoms with Crippen molar-refractivity contribution in [3.63, 3.8) is 0 Å². The summed E-state index contributed by atoms with van der Waals surface area (Å²) >= 11 is 1.66. The Morgan fingerprint density at radius 1 is 1.75 bits per heavy atom. The third-order valence-electron chi connectivity index (χ3n) is 2.75. The smallest absolute Gasteiger partial charge is 0.238 e. The van der Waals surface area contributed by atoms with Crippen LogP contribution in [0.15, 0.2) is 17.5 Å². The molecule has 16 heavy (non-hydrogen) atoms. The van der Waals surface area contributed by atoms with Crippen molar-refractivity contribution in [2.75, 3.05) is 20.2 Å². The standard InChI is InChI=1S/C11H16N2O2S/c1-8(15-2)7-13-10(14)6-12-11(13)9-4-3-5-16-9/h3-5,8,11-12H,6-7H2,1-2H3. The van der Waals surface area contributed by atoms with Crippen molar-refractivity contribution in [3.8, 4) is 0 Å². The van der Waals surface area contributed by atoms with Gasteiger partial charge in [0.2, 0.25) is 5.91 Å². The van der Waals surface area contributed by atoms with Crippen molar-refractivity contribution in [1.82, 2.24) is 10.2 Å². The average molecular weight is 240 g/mol. The molecule has 2 atom stereocenters. The van der Waals surface area contributed by atoms with E-state index >= 15 is 0 Å². The molecule has 88 valence electrons. The quantitative estimate of drug-likeness (QED) is 0.860. The molecule has 0 radical (unpaired) electrons. The fourth-order valence-electron chi connectivity index (χ4n) is 1.80. The van der Waals surface area contributed by atoms with Crippen molar-refractivity contribution in [3.05, 3.63) is 22.4 Å². The van der Waals surface area contributed by atoms with Crippen molar-refractivity contribution < 1.29 is 9.53 Å². The fraction of sp³-hybridized carbons (Fsp3) is 0.545. The lowest BCUT2D eigenvalue weighted by molar-refractivity contribution is -0.129. The molecule has 1 aromatic heterocycles. The summed E-state index contributed by atoms with van der Waals surface area (Å²) in [5.41, 5.74) is 0. The average Bonchev–Trinajstić information content (AvgIpc) is 2.89. The number of nitrogens with one attached hydrogen (secondary N) is 1. The van der Waals surface area contributed by atoms with Crippen LogP contribution >= 0.6 is 11.3 Å². The largest absolute Gasteiger partial charge is 0.380 e. The number of amides is 1. The molecule has 5 heteroatoms. The number of rotatable bonds is 4. The molecule has 2 rings (SSSR count). The summed E-state index contributed by atoms with van der Waals surface area (Å²) in [6.07, 6.45) is 0.0800. The first-order chi connectivity index (χ1) is 7.72. The lowest BCUT2D eigenvalue weighted by atomic mass is 10.3. The molecular weight excluding hydrogens is 224 g/mol. The van der Waals surface area contributed by atoms with Gasteiger partial charge in [-0.15, -0.1) is 11.3 Å². The lowest BCUT2D eigenvalue weighted by Gasteiger charge is -2.25. The highest BCUT2D eigenvalue weighted by molar-refractivity contribution is 7.10. The van der Waals surface area contributed by atoms with Crippen LogP contribution in [0.25, 0.3) is 0 Å². The zero-order valence-corrected chi connectivity index (χ0v) is 10.3. The maximum atomic E-state index is 11.7. The molecule has 1 amide bonds. The van der Waals surface area contributed by atoms with Gasteiger partial charge in [-0.2, -0.15) is 0 Å². The molecule has 1 aliphatic heterocycles. The fourth-order valence-corrected chi connectivity index (χ4v) is 2.61. The first-order valence-electron chi connectivity index (χ1n) is 5.31. The highest BCUT2D eigenvalue weighted by Crippen LogP contribution is 2.26. The molecule has 4 nitrogen and oxygen atoms in total. The zero-order valence-electron chi connectivity index (χ0n) is 9.47. The van der Waals surface area contributed by atoms with Crippen LogP contribution in [0, 0.1) is 0 Å². The van der Waals surface area contributed by atoms with Crippen molar-refractivity contribution in [2.45, 2.75) is 19.2 Å². The van der Waals surface area contributed by atoms with E-state index in [1.165, 1.54) is 4.88 Å². The number of carbonyl (C=O) groups excluding carboxylic acids is 1. The Bertz CT molecular complexity index is 353. The van der Waals surface area contributed by atoms with E-state index in [0.717, 1.165) is 0 Å². The van der Waals surface area contributed by atoms with Gasteiger partial charge in [0.25, 0.3) is 0 Å². The van der Waals surface area contributed by atoms with Crippen LogP contribution in [0.4, 0.5) is 0 Å². The second-order valence-corrected chi connectivity index (χ2v) is 4.87.